The molecule has 1 aromatic carbocycles. The van der Waals surface area contributed by atoms with Crippen LogP contribution in [0.25, 0.3) is 5.65 Å². The van der Waals surface area contributed by atoms with E-state index in [1.165, 1.54) is 5.56 Å². The molecule has 1 atom stereocenters. The molecule has 136 valence electrons. The maximum absolute atomic E-state index is 12.2. The molecule has 0 fully saturated rings. The van der Waals surface area contributed by atoms with Gasteiger partial charge in [-0.2, -0.15) is 4.52 Å². The van der Waals surface area contributed by atoms with Crippen molar-refractivity contribution in [1.29, 1.82) is 0 Å². The third-order valence-corrected chi connectivity index (χ3v) is 4.20. The van der Waals surface area contributed by atoms with Crippen LogP contribution >= 0.6 is 0 Å². The third-order valence-electron chi connectivity index (χ3n) is 4.20. The van der Waals surface area contributed by atoms with Crippen molar-refractivity contribution in [1.82, 2.24) is 25.1 Å². The first kappa shape index (κ1) is 17.8. The molecule has 0 unspecified atom stereocenters. The van der Waals surface area contributed by atoms with Crippen LogP contribution in [0.3, 0.4) is 0 Å². The molecule has 0 aliphatic heterocycles. The molecule has 0 radical (unpaired) electrons. The Morgan fingerprint density at radius 2 is 1.96 bits per heavy atom. The highest BCUT2D eigenvalue weighted by Crippen LogP contribution is 2.10. The zero-order valence-corrected chi connectivity index (χ0v) is 15.1. The normalized spacial score (nSPS) is 12.1. The Bertz CT molecular complexity index is 863. The van der Waals surface area contributed by atoms with E-state index in [0.717, 1.165) is 12.8 Å². The molecular weight excluding hydrogens is 330 g/mol. The molecular formula is C19H23N5O2. The molecule has 0 spiro atoms. The van der Waals surface area contributed by atoms with Crippen molar-refractivity contribution in [2.75, 3.05) is 7.11 Å². The first-order chi connectivity index (χ1) is 12.7. The van der Waals surface area contributed by atoms with Crippen LogP contribution < -0.4 is 10.1 Å². The van der Waals surface area contributed by atoms with Crippen LogP contribution in [-0.2, 0) is 17.6 Å². The highest BCUT2D eigenvalue weighted by atomic mass is 16.5. The van der Waals surface area contributed by atoms with E-state index < -0.39 is 0 Å². The van der Waals surface area contributed by atoms with E-state index in [1.54, 1.807) is 23.8 Å². The summed E-state index contributed by atoms with van der Waals surface area (Å²) in [6.07, 6.45) is 2.66. The highest BCUT2D eigenvalue weighted by molar-refractivity contribution is 5.76. The van der Waals surface area contributed by atoms with Gasteiger partial charge in [-0.1, -0.05) is 30.3 Å². The average Bonchev–Trinajstić information content (AvgIpc) is 3.07. The van der Waals surface area contributed by atoms with Crippen molar-refractivity contribution in [3.05, 3.63) is 53.9 Å². The Morgan fingerprint density at radius 1 is 1.15 bits per heavy atom. The summed E-state index contributed by atoms with van der Waals surface area (Å²) in [5.41, 5.74) is 1.92. The lowest BCUT2D eigenvalue weighted by Gasteiger charge is -2.13. The van der Waals surface area contributed by atoms with Gasteiger partial charge in [0.15, 0.2) is 11.5 Å². The lowest BCUT2D eigenvalue weighted by molar-refractivity contribution is -0.121. The number of benzene rings is 1. The number of carbonyl (C=O) groups excluding carboxylic acids is 1. The smallest absolute Gasteiger partial charge is 0.231 e. The number of aromatic nitrogens is 4. The lowest BCUT2D eigenvalue weighted by Crippen LogP contribution is -2.33. The van der Waals surface area contributed by atoms with Crippen molar-refractivity contribution < 1.29 is 9.53 Å². The monoisotopic (exact) mass is 353 g/mol. The van der Waals surface area contributed by atoms with E-state index in [4.69, 9.17) is 4.74 Å². The first-order valence-corrected chi connectivity index (χ1v) is 8.74. The molecule has 3 aromatic rings. The molecule has 0 saturated carbocycles. The van der Waals surface area contributed by atoms with Crippen molar-refractivity contribution in [2.45, 2.75) is 38.6 Å². The van der Waals surface area contributed by atoms with Gasteiger partial charge in [-0.3, -0.25) is 4.79 Å². The van der Waals surface area contributed by atoms with Crippen LogP contribution in [0.1, 0.15) is 31.2 Å². The van der Waals surface area contributed by atoms with Gasteiger partial charge in [0.2, 0.25) is 11.8 Å². The van der Waals surface area contributed by atoms with Crippen molar-refractivity contribution in [3.8, 4) is 5.88 Å². The summed E-state index contributed by atoms with van der Waals surface area (Å²) in [5, 5.41) is 15.5. The quantitative estimate of drug-likeness (QED) is 0.671. The van der Waals surface area contributed by atoms with Gasteiger partial charge < -0.3 is 10.1 Å². The van der Waals surface area contributed by atoms with E-state index in [0.29, 0.717) is 30.2 Å². The zero-order valence-electron chi connectivity index (χ0n) is 15.1. The van der Waals surface area contributed by atoms with E-state index >= 15 is 0 Å². The molecule has 0 saturated heterocycles. The van der Waals surface area contributed by atoms with Gasteiger partial charge in [0, 0.05) is 24.9 Å². The van der Waals surface area contributed by atoms with Gasteiger partial charge in [-0.15, -0.1) is 15.3 Å². The molecule has 7 heteroatoms. The number of fused-ring (bicyclic) bond motifs is 1. The van der Waals surface area contributed by atoms with Gasteiger partial charge in [-0.25, -0.2) is 0 Å². The maximum Gasteiger partial charge on any atom is 0.231 e. The van der Waals surface area contributed by atoms with Gasteiger partial charge >= 0.3 is 0 Å². The Labute approximate surface area is 152 Å². The number of nitrogens with one attached hydrogen (secondary N) is 1. The Hall–Kier alpha value is -2.96. The topological polar surface area (TPSA) is 81.4 Å². The Kier molecular flexibility index (Phi) is 5.78. The fourth-order valence-corrected chi connectivity index (χ4v) is 2.75. The molecule has 3 rings (SSSR count). The molecule has 0 aliphatic rings. The molecule has 1 N–H and O–H groups in total. The predicted octanol–water partition coefficient (Wildman–Crippen LogP) is 2.20. The number of hydrogen-bond donors (Lipinski definition) is 1. The largest absolute Gasteiger partial charge is 0.480 e. The summed E-state index contributed by atoms with van der Waals surface area (Å²) in [6, 6.07) is 13.9. The van der Waals surface area contributed by atoms with Gasteiger partial charge in [0.25, 0.3) is 0 Å². The van der Waals surface area contributed by atoms with E-state index in [2.05, 4.69) is 32.7 Å². The van der Waals surface area contributed by atoms with Gasteiger partial charge in [0.1, 0.15) is 0 Å². The van der Waals surface area contributed by atoms with Gasteiger partial charge in [0.05, 0.1) is 7.11 Å². The molecule has 26 heavy (non-hydrogen) atoms. The average molecular weight is 353 g/mol. The van der Waals surface area contributed by atoms with Crippen LogP contribution in [0.4, 0.5) is 0 Å². The van der Waals surface area contributed by atoms with Crippen molar-refractivity contribution >= 4 is 11.6 Å². The second-order valence-electron chi connectivity index (χ2n) is 6.25. The molecule has 2 aromatic heterocycles. The van der Waals surface area contributed by atoms with Crippen LogP contribution in [-0.4, -0.2) is 38.9 Å². The number of aryl methyl sites for hydroxylation is 2. The summed E-state index contributed by atoms with van der Waals surface area (Å²) in [5.74, 6) is 1.13. The number of ether oxygens (including phenoxy) is 1. The minimum Gasteiger partial charge on any atom is -0.480 e. The molecule has 7 nitrogen and oxygen atoms in total. The standard InChI is InChI=1S/C19H23N5O2/c1-14(8-9-15-6-4-3-5-7-15)20-18(25)12-10-16-21-22-17-11-13-19(26-2)23-24(16)17/h3-7,11,13-14H,8-10,12H2,1-2H3,(H,20,25)/t14-/m1/s1. The van der Waals surface area contributed by atoms with Crippen LogP contribution in [0, 0.1) is 0 Å². The molecule has 2 heterocycles. The summed E-state index contributed by atoms with van der Waals surface area (Å²) >= 11 is 0. The second kappa shape index (κ2) is 8.42. The first-order valence-electron chi connectivity index (χ1n) is 8.74. The lowest BCUT2D eigenvalue weighted by atomic mass is 10.1. The number of methoxy groups -OCH3 is 1. The zero-order chi connectivity index (χ0) is 18.4. The minimum atomic E-state index is 0.00482. The molecule has 1 amide bonds. The minimum absolute atomic E-state index is 0.00482. The van der Waals surface area contributed by atoms with Crippen LogP contribution in [0.15, 0.2) is 42.5 Å². The Balaban J connectivity index is 1.49. The SMILES string of the molecule is COc1ccc2nnc(CCC(=O)N[C@H](C)CCc3ccccc3)n2n1. The van der Waals surface area contributed by atoms with Crippen LogP contribution in [0.2, 0.25) is 0 Å². The summed E-state index contributed by atoms with van der Waals surface area (Å²) in [6.45, 7) is 2.03. The number of carbonyl (C=O) groups is 1. The maximum atomic E-state index is 12.2. The number of hydrogen-bond acceptors (Lipinski definition) is 5. The van der Waals surface area contributed by atoms with Crippen molar-refractivity contribution in [2.24, 2.45) is 0 Å². The van der Waals surface area contributed by atoms with Gasteiger partial charge in [-0.05, 0) is 31.4 Å². The fourth-order valence-electron chi connectivity index (χ4n) is 2.75. The third kappa shape index (κ3) is 4.56. The number of amides is 1. The Morgan fingerprint density at radius 3 is 2.73 bits per heavy atom. The van der Waals surface area contributed by atoms with E-state index in [1.807, 2.05) is 25.1 Å². The molecule has 0 bridgehead atoms. The van der Waals surface area contributed by atoms with Crippen LogP contribution in [0.5, 0.6) is 5.88 Å². The summed E-state index contributed by atoms with van der Waals surface area (Å²) in [4.78, 5) is 12.2. The summed E-state index contributed by atoms with van der Waals surface area (Å²) in [7, 11) is 1.56. The molecule has 0 aliphatic carbocycles. The second-order valence-corrected chi connectivity index (χ2v) is 6.25. The predicted molar refractivity (Wildman–Crippen MR) is 98.0 cm³/mol. The van der Waals surface area contributed by atoms with E-state index in [-0.39, 0.29) is 11.9 Å². The van der Waals surface area contributed by atoms with Crippen molar-refractivity contribution in [3.63, 3.8) is 0 Å². The fraction of sp³-hybridized carbons (Fsp3) is 0.368. The number of nitrogens with zero attached hydrogens (tertiary/aromatic N) is 4. The van der Waals surface area contributed by atoms with E-state index in [9.17, 15) is 4.79 Å². The number of rotatable bonds is 8. The highest BCUT2D eigenvalue weighted by Gasteiger charge is 2.12. The summed E-state index contributed by atoms with van der Waals surface area (Å²) < 4.78 is 6.74.